The van der Waals surface area contributed by atoms with Gasteiger partial charge in [-0.3, -0.25) is 19.4 Å². The summed E-state index contributed by atoms with van der Waals surface area (Å²) in [4.78, 5) is 32.5. The number of H-pyrrole nitrogens is 1. The summed E-state index contributed by atoms with van der Waals surface area (Å²) < 4.78 is 1.85. The largest absolute Gasteiger partial charge is 0.342 e. The maximum absolute atomic E-state index is 12.8. The van der Waals surface area contributed by atoms with E-state index in [-0.39, 0.29) is 24.2 Å². The van der Waals surface area contributed by atoms with Crippen LogP contribution < -0.4 is 4.90 Å². The Labute approximate surface area is 145 Å². The molecular weight excluding hydrogens is 322 g/mol. The molecule has 1 atom stereocenters. The van der Waals surface area contributed by atoms with Crippen LogP contribution in [0.2, 0.25) is 0 Å². The zero-order valence-electron chi connectivity index (χ0n) is 13.9. The smallest absolute Gasteiger partial charge is 0.228 e. The number of amides is 2. The first kappa shape index (κ1) is 15.8. The minimum atomic E-state index is -0.255. The Morgan fingerprint density at radius 3 is 2.84 bits per heavy atom. The van der Waals surface area contributed by atoms with Gasteiger partial charge >= 0.3 is 0 Å². The number of nitrogens with zero attached hydrogens (tertiary/aromatic N) is 6. The van der Waals surface area contributed by atoms with E-state index in [9.17, 15) is 9.59 Å². The monoisotopic (exact) mass is 343 g/mol. The van der Waals surface area contributed by atoms with Crippen LogP contribution in [0.4, 0.5) is 5.69 Å². The summed E-state index contributed by atoms with van der Waals surface area (Å²) in [5.74, 6) is 0.340. The van der Waals surface area contributed by atoms with Crippen molar-refractivity contribution in [1.29, 1.82) is 0 Å². The molecule has 0 spiro atoms. The van der Waals surface area contributed by atoms with E-state index in [1.54, 1.807) is 29.9 Å². The quantitative estimate of drug-likeness (QED) is 0.860. The van der Waals surface area contributed by atoms with Gasteiger partial charge in [-0.25, -0.2) is 4.98 Å². The molecule has 9 nitrogen and oxygen atoms in total. The van der Waals surface area contributed by atoms with Gasteiger partial charge in [0.15, 0.2) is 0 Å². The molecule has 1 N–H and O–H groups in total. The number of carbonyl (C=O) groups excluding carboxylic acids is 2. The Hall–Kier alpha value is -2.71. The average molecular weight is 343 g/mol. The van der Waals surface area contributed by atoms with Crippen molar-refractivity contribution in [2.75, 3.05) is 24.5 Å². The zero-order valence-corrected chi connectivity index (χ0v) is 13.9. The molecule has 9 heteroatoms. The van der Waals surface area contributed by atoms with Gasteiger partial charge in [-0.15, -0.1) is 0 Å². The van der Waals surface area contributed by atoms with Crippen LogP contribution in [0, 0.1) is 11.8 Å². The number of aromatic nitrogens is 5. The van der Waals surface area contributed by atoms with Crippen molar-refractivity contribution in [2.24, 2.45) is 11.8 Å². The van der Waals surface area contributed by atoms with E-state index in [1.165, 1.54) is 0 Å². The molecule has 2 amide bonds. The van der Waals surface area contributed by atoms with Crippen LogP contribution in [0.3, 0.4) is 0 Å². The molecule has 2 saturated heterocycles. The summed E-state index contributed by atoms with van der Waals surface area (Å²) in [7, 11) is 0. The highest BCUT2D eigenvalue weighted by molar-refractivity contribution is 6.00. The molecule has 0 radical (unpaired) electrons. The number of likely N-dealkylation sites (tertiary alicyclic amines) is 1. The van der Waals surface area contributed by atoms with E-state index in [4.69, 9.17) is 0 Å². The molecule has 2 aliphatic heterocycles. The Bertz CT molecular complexity index is 720. The van der Waals surface area contributed by atoms with Crippen molar-refractivity contribution in [1.82, 2.24) is 29.9 Å². The number of rotatable bonds is 4. The summed E-state index contributed by atoms with van der Waals surface area (Å²) >= 11 is 0. The van der Waals surface area contributed by atoms with Crippen LogP contribution in [0.15, 0.2) is 25.0 Å². The summed E-state index contributed by atoms with van der Waals surface area (Å²) in [6.07, 6.45) is 8.76. The van der Waals surface area contributed by atoms with Crippen LogP contribution >= 0.6 is 0 Å². The van der Waals surface area contributed by atoms with Crippen LogP contribution in [0.1, 0.15) is 19.3 Å². The maximum Gasteiger partial charge on any atom is 0.228 e. The minimum absolute atomic E-state index is 0.0131. The van der Waals surface area contributed by atoms with E-state index < -0.39 is 0 Å². The lowest BCUT2D eigenvalue weighted by molar-refractivity contribution is -0.137. The second kappa shape index (κ2) is 6.66. The Balaban J connectivity index is 1.31. The SMILES string of the molecule is O=C(C1CC(=O)N(c2cn[nH]c2)C1)N1CCC(Cn2cncn2)CC1. The highest BCUT2D eigenvalue weighted by atomic mass is 16.2. The minimum Gasteiger partial charge on any atom is -0.342 e. The lowest BCUT2D eigenvalue weighted by Gasteiger charge is -2.33. The van der Waals surface area contributed by atoms with Crippen molar-refractivity contribution in [3.05, 3.63) is 25.0 Å². The molecule has 0 bridgehead atoms. The second-order valence-electron chi connectivity index (χ2n) is 6.75. The molecule has 2 aromatic heterocycles. The highest BCUT2D eigenvalue weighted by Crippen LogP contribution is 2.27. The summed E-state index contributed by atoms with van der Waals surface area (Å²) in [6, 6.07) is 0. The summed E-state index contributed by atoms with van der Waals surface area (Å²) in [6.45, 7) is 2.78. The third-order valence-electron chi connectivity index (χ3n) is 5.11. The fourth-order valence-electron chi connectivity index (χ4n) is 3.70. The van der Waals surface area contributed by atoms with Crippen molar-refractivity contribution in [3.63, 3.8) is 0 Å². The molecule has 2 fully saturated rings. The first-order valence-corrected chi connectivity index (χ1v) is 8.61. The van der Waals surface area contributed by atoms with Crippen molar-refractivity contribution >= 4 is 17.5 Å². The molecule has 132 valence electrons. The van der Waals surface area contributed by atoms with Crippen molar-refractivity contribution < 1.29 is 9.59 Å². The van der Waals surface area contributed by atoms with Gasteiger partial charge in [0.05, 0.1) is 17.8 Å². The Kier molecular flexibility index (Phi) is 4.21. The van der Waals surface area contributed by atoms with Gasteiger partial charge in [0.25, 0.3) is 0 Å². The van der Waals surface area contributed by atoms with Gasteiger partial charge in [-0.05, 0) is 18.8 Å². The Morgan fingerprint density at radius 2 is 2.16 bits per heavy atom. The summed E-state index contributed by atoms with van der Waals surface area (Å²) in [5, 5.41) is 10.7. The van der Waals surface area contributed by atoms with E-state index >= 15 is 0 Å². The highest BCUT2D eigenvalue weighted by Gasteiger charge is 2.38. The van der Waals surface area contributed by atoms with Crippen LogP contribution in [0.25, 0.3) is 0 Å². The van der Waals surface area contributed by atoms with Crippen molar-refractivity contribution in [2.45, 2.75) is 25.8 Å². The second-order valence-corrected chi connectivity index (χ2v) is 6.75. The third kappa shape index (κ3) is 3.26. The van der Waals surface area contributed by atoms with Gasteiger partial charge < -0.3 is 9.80 Å². The lowest BCUT2D eigenvalue weighted by atomic mass is 9.95. The van der Waals surface area contributed by atoms with Gasteiger partial charge in [0.2, 0.25) is 11.8 Å². The van der Waals surface area contributed by atoms with Gasteiger partial charge in [-0.1, -0.05) is 0 Å². The first-order valence-electron chi connectivity index (χ1n) is 8.61. The fourth-order valence-corrected chi connectivity index (χ4v) is 3.70. The van der Waals surface area contributed by atoms with Crippen LogP contribution in [0.5, 0.6) is 0 Å². The molecule has 2 aromatic rings. The first-order chi connectivity index (χ1) is 12.2. The average Bonchev–Trinajstić information content (AvgIpc) is 3.36. The standard InChI is InChI=1S/C16H21N7O2/c24-15-5-13(9-23(15)14-6-18-19-7-14)16(25)21-3-1-12(2-4-21)8-22-11-17-10-20-22/h6-7,10-13H,1-5,8-9H2,(H,18,19). The third-order valence-corrected chi connectivity index (χ3v) is 5.11. The van der Waals surface area contributed by atoms with Gasteiger partial charge in [0.1, 0.15) is 12.7 Å². The van der Waals surface area contributed by atoms with E-state index in [0.29, 0.717) is 12.5 Å². The normalized spacial score (nSPS) is 21.9. The number of carbonyl (C=O) groups is 2. The molecule has 2 aliphatic rings. The van der Waals surface area contributed by atoms with Gasteiger partial charge in [-0.2, -0.15) is 10.2 Å². The topological polar surface area (TPSA) is 100 Å². The summed E-state index contributed by atoms with van der Waals surface area (Å²) in [5.41, 5.74) is 0.729. The number of nitrogens with one attached hydrogen (secondary N) is 1. The Morgan fingerprint density at radius 1 is 1.32 bits per heavy atom. The molecule has 1 unspecified atom stereocenters. The zero-order chi connectivity index (χ0) is 17.2. The van der Waals surface area contributed by atoms with E-state index in [0.717, 1.165) is 38.2 Å². The number of hydrogen-bond acceptors (Lipinski definition) is 5. The predicted octanol–water partition coefficient (Wildman–Crippen LogP) is 0.293. The molecule has 0 aliphatic carbocycles. The number of hydrogen-bond donors (Lipinski definition) is 1. The fraction of sp³-hybridized carbons (Fsp3) is 0.562. The number of piperidine rings is 1. The van der Waals surface area contributed by atoms with E-state index in [2.05, 4.69) is 20.3 Å². The number of anilines is 1. The van der Waals surface area contributed by atoms with E-state index in [1.807, 2.05) is 9.58 Å². The van der Waals surface area contributed by atoms with Crippen LogP contribution in [-0.2, 0) is 16.1 Å². The predicted molar refractivity (Wildman–Crippen MR) is 88.4 cm³/mol. The van der Waals surface area contributed by atoms with Gasteiger partial charge in [0, 0.05) is 38.8 Å². The van der Waals surface area contributed by atoms with Crippen molar-refractivity contribution in [3.8, 4) is 0 Å². The molecule has 25 heavy (non-hydrogen) atoms. The number of aromatic amines is 1. The lowest BCUT2D eigenvalue weighted by Crippen LogP contribution is -2.43. The molecule has 0 saturated carbocycles. The molecular formula is C16H21N7O2. The molecule has 0 aromatic carbocycles. The molecule has 4 heterocycles. The molecule has 4 rings (SSSR count). The van der Waals surface area contributed by atoms with Crippen LogP contribution in [-0.4, -0.2) is 61.3 Å². The maximum atomic E-state index is 12.8.